The van der Waals surface area contributed by atoms with E-state index >= 15 is 0 Å². The van der Waals surface area contributed by atoms with Crippen LogP contribution in [0.25, 0.3) is 0 Å². The molecule has 0 aliphatic rings. The summed E-state index contributed by atoms with van der Waals surface area (Å²) < 4.78 is 5.65. The summed E-state index contributed by atoms with van der Waals surface area (Å²) >= 11 is 2.43. The van der Waals surface area contributed by atoms with Crippen LogP contribution < -0.4 is 15.4 Å². The molecular formula is C16H20N4O3S2. The van der Waals surface area contributed by atoms with Crippen molar-refractivity contribution in [2.75, 3.05) is 18.2 Å². The summed E-state index contributed by atoms with van der Waals surface area (Å²) in [5, 5.41) is 13.7. The number of amides is 2. The highest BCUT2D eigenvalue weighted by Crippen LogP contribution is 2.23. The number of aromatic nitrogens is 2. The third kappa shape index (κ3) is 6.02. The van der Waals surface area contributed by atoms with Gasteiger partial charge in [-0.25, -0.2) is 0 Å². The molecule has 0 bridgehead atoms. The number of hydrogen-bond acceptors (Lipinski definition) is 7. The molecule has 2 aromatic rings. The van der Waals surface area contributed by atoms with E-state index in [1.807, 2.05) is 13.8 Å². The smallest absolute Gasteiger partial charge is 0.286 e. The Bertz CT molecular complexity index is 718. The van der Waals surface area contributed by atoms with E-state index in [4.69, 9.17) is 4.74 Å². The van der Waals surface area contributed by atoms with Crippen molar-refractivity contribution < 1.29 is 14.3 Å². The maximum Gasteiger partial charge on any atom is 0.286 e. The SMILES string of the molecule is CC[C@H](C)NC(=O)CSc1nnc(C(=O)Nc2ccc(OC)cc2)s1. The highest BCUT2D eigenvalue weighted by atomic mass is 32.2. The summed E-state index contributed by atoms with van der Waals surface area (Å²) in [6.45, 7) is 3.96. The Morgan fingerprint density at radius 2 is 2.00 bits per heavy atom. The number of nitrogens with zero attached hydrogens (tertiary/aromatic N) is 2. The molecule has 2 N–H and O–H groups in total. The van der Waals surface area contributed by atoms with Gasteiger partial charge in [0.2, 0.25) is 10.9 Å². The lowest BCUT2D eigenvalue weighted by Gasteiger charge is -2.09. The van der Waals surface area contributed by atoms with Crippen LogP contribution in [0.15, 0.2) is 28.6 Å². The van der Waals surface area contributed by atoms with Gasteiger partial charge in [0.15, 0.2) is 4.34 Å². The first kappa shape index (κ1) is 19.2. The van der Waals surface area contributed by atoms with Gasteiger partial charge >= 0.3 is 0 Å². The lowest BCUT2D eigenvalue weighted by Crippen LogP contribution is -2.33. The summed E-state index contributed by atoms with van der Waals surface area (Å²) in [6, 6.07) is 7.15. The molecule has 0 aliphatic carbocycles. The largest absolute Gasteiger partial charge is 0.497 e. The number of benzene rings is 1. The van der Waals surface area contributed by atoms with Crippen LogP contribution >= 0.6 is 23.1 Å². The fourth-order valence-electron chi connectivity index (χ4n) is 1.76. The van der Waals surface area contributed by atoms with Crippen LogP contribution in [0.5, 0.6) is 5.75 Å². The molecule has 0 spiro atoms. The van der Waals surface area contributed by atoms with E-state index in [1.165, 1.54) is 11.8 Å². The Hall–Kier alpha value is -2.13. The Balaban J connectivity index is 1.86. The first-order valence-electron chi connectivity index (χ1n) is 7.73. The molecular weight excluding hydrogens is 360 g/mol. The quantitative estimate of drug-likeness (QED) is 0.684. The normalized spacial score (nSPS) is 11.6. The molecule has 7 nitrogen and oxygen atoms in total. The van der Waals surface area contributed by atoms with E-state index in [0.29, 0.717) is 15.8 Å². The van der Waals surface area contributed by atoms with Crippen LogP contribution in [0.1, 0.15) is 30.1 Å². The van der Waals surface area contributed by atoms with Crippen molar-refractivity contribution in [3.63, 3.8) is 0 Å². The van der Waals surface area contributed by atoms with E-state index in [2.05, 4.69) is 20.8 Å². The minimum absolute atomic E-state index is 0.0567. The standard InChI is InChI=1S/C16H20N4O3S2/c1-4-10(2)17-13(21)9-24-16-20-19-15(25-16)14(22)18-11-5-7-12(23-3)8-6-11/h5-8,10H,4,9H2,1-3H3,(H,17,21)(H,18,22)/t10-/m0/s1. The van der Waals surface area contributed by atoms with Gasteiger partial charge in [-0.05, 0) is 37.6 Å². The summed E-state index contributed by atoms with van der Waals surface area (Å²) in [5.41, 5.74) is 0.642. The molecule has 1 heterocycles. The number of anilines is 1. The summed E-state index contributed by atoms with van der Waals surface area (Å²) in [6.07, 6.45) is 0.880. The fourth-order valence-corrected chi connectivity index (χ4v) is 3.32. The van der Waals surface area contributed by atoms with Gasteiger partial charge in [-0.3, -0.25) is 9.59 Å². The van der Waals surface area contributed by atoms with Gasteiger partial charge in [-0.2, -0.15) is 0 Å². The molecule has 2 rings (SSSR count). The molecule has 0 aliphatic heterocycles. The van der Waals surface area contributed by atoms with Crippen molar-refractivity contribution in [1.29, 1.82) is 0 Å². The molecule has 0 radical (unpaired) electrons. The number of carbonyl (C=O) groups is 2. The third-order valence-corrected chi connectivity index (χ3v) is 5.35. The summed E-state index contributed by atoms with van der Waals surface area (Å²) in [7, 11) is 1.58. The number of methoxy groups -OCH3 is 1. The molecule has 1 aromatic heterocycles. The van der Waals surface area contributed by atoms with Crippen LogP contribution in [0.4, 0.5) is 5.69 Å². The minimum Gasteiger partial charge on any atom is -0.497 e. The Morgan fingerprint density at radius 3 is 2.64 bits per heavy atom. The van der Waals surface area contributed by atoms with Crippen molar-refractivity contribution >= 4 is 40.6 Å². The maximum atomic E-state index is 12.2. The van der Waals surface area contributed by atoms with Crippen LogP contribution in [0.3, 0.4) is 0 Å². The van der Waals surface area contributed by atoms with Crippen molar-refractivity contribution in [3.8, 4) is 5.75 Å². The monoisotopic (exact) mass is 380 g/mol. The van der Waals surface area contributed by atoms with Gasteiger partial charge in [-0.15, -0.1) is 10.2 Å². The van der Waals surface area contributed by atoms with Gasteiger partial charge in [-0.1, -0.05) is 30.0 Å². The predicted molar refractivity (Wildman–Crippen MR) is 99.5 cm³/mol. The number of carbonyl (C=O) groups excluding carboxylic acids is 2. The second-order valence-electron chi connectivity index (χ2n) is 5.22. The zero-order valence-electron chi connectivity index (χ0n) is 14.2. The van der Waals surface area contributed by atoms with E-state index in [0.717, 1.165) is 17.8 Å². The average Bonchev–Trinajstić information content (AvgIpc) is 3.09. The number of thioether (sulfide) groups is 1. The van der Waals surface area contributed by atoms with E-state index in [9.17, 15) is 9.59 Å². The van der Waals surface area contributed by atoms with Crippen molar-refractivity contribution in [3.05, 3.63) is 29.3 Å². The number of rotatable bonds is 8. The van der Waals surface area contributed by atoms with Crippen molar-refractivity contribution in [2.45, 2.75) is 30.6 Å². The highest BCUT2D eigenvalue weighted by molar-refractivity contribution is 8.01. The number of nitrogens with one attached hydrogen (secondary N) is 2. The summed E-state index contributed by atoms with van der Waals surface area (Å²) in [4.78, 5) is 23.9. The number of hydrogen-bond donors (Lipinski definition) is 2. The van der Waals surface area contributed by atoms with Crippen LogP contribution in [-0.4, -0.2) is 40.9 Å². The maximum absolute atomic E-state index is 12.2. The fraction of sp³-hybridized carbons (Fsp3) is 0.375. The highest BCUT2D eigenvalue weighted by Gasteiger charge is 2.15. The molecule has 0 unspecified atom stereocenters. The number of ether oxygens (including phenoxy) is 1. The van der Waals surface area contributed by atoms with E-state index in [-0.39, 0.29) is 28.6 Å². The molecule has 9 heteroatoms. The lowest BCUT2D eigenvalue weighted by molar-refractivity contribution is -0.119. The first-order chi connectivity index (χ1) is 12.0. The summed E-state index contributed by atoms with van der Waals surface area (Å²) in [5.74, 6) is 0.569. The zero-order valence-corrected chi connectivity index (χ0v) is 15.9. The van der Waals surface area contributed by atoms with Gasteiger partial charge in [0.25, 0.3) is 5.91 Å². The molecule has 1 atom stereocenters. The zero-order chi connectivity index (χ0) is 18.2. The lowest BCUT2D eigenvalue weighted by atomic mass is 10.3. The minimum atomic E-state index is -0.335. The third-order valence-electron chi connectivity index (χ3n) is 3.30. The predicted octanol–water partition coefficient (Wildman–Crippen LogP) is 2.81. The van der Waals surface area contributed by atoms with Crippen LogP contribution in [0.2, 0.25) is 0 Å². The molecule has 2 amide bonds. The Kier molecular flexibility index (Phi) is 7.20. The second kappa shape index (κ2) is 9.38. The van der Waals surface area contributed by atoms with Gasteiger partial charge in [0.1, 0.15) is 5.75 Å². The first-order valence-corrected chi connectivity index (χ1v) is 9.53. The van der Waals surface area contributed by atoms with Gasteiger partial charge in [0.05, 0.1) is 12.9 Å². The topological polar surface area (TPSA) is 93.2 Å². The Labute approximate surface area is 154 Å². The Morgan fingerprint density at radius 1 is 1.28 bits per heavy atom. The van der Waals surface area contributed by atoms with Crippen LogP contribution in [0, 0.1) is 0 Å². The van der Waals surface area contributed by atoms with Gasteiger partial charge < -0.3 is 15.4 Å². The molecule has 0 saturated carbocycles. The van der Waals surface area contributed by atoms with Gasteiger partial charge in [0, 0.05) is 11.7 Å². The van der Waals surface area contributed by atoms with Crippen LogP contribution in [-0.2, 0) is 4.79 Å². The molecule has 25 heavy (non-hydrogen) atoms. The average molecular weight is 380 g/mol. The van der Waals surface area contributed by atoms with E-state index < -0.39 is 0 Å². The molecule has 134 valence electrons. The second-order valence-corrected chi connectivity index (χ2v) is 7.42. The molecule has 0 fully saturated rings. The molecule has 0 saturated heterocycles. The van der Waals surface area contributed by atoms with Crippen molar-refractivity contribution in [1.82, 2.24) is 15.5 Å². The molecule has 1 aromatic carbocycles. The van der Waals surface area contributed by atoms with Crippen molar-refractivity contribution in [2.24, 2.45) is 0 Å². The van der Waals surface area contributed by atoms with E-state index in [1.54, 1.807) is 31.4 Å².